The Labute approximate surface area is 166 Å². The summed E-state index contributed by atoms with van der Waals surface area (Å²) in [6.07, 6.45) is 6.66. The molecule has 2 aromatic carbocycles. The number of rotatable bonds is 4. The second kappa shape index (κ2) is 8.42. The fourth-order valence-electron chi connectivity index (χ4n) is 4.44. The third kappa shape index (κ3) is 4.01. The normalized spacial score (nSPS) is 24.4. The van der Waals surface area contributed by atoms with Crippen LogP contribution in [0.3, 0.4) is 0 Å². The third-order valence-corrected chi connectivity index (χ3v) is 5.90. The molecule has 3 atom stereocenters. The van der Waals surface area contributed by atoms with Crippen molar-refractivity contribution in [1.29, 1.82) is 0 Å². The van der Waals surface area contributed by atoms with E-state index in [1.807, 2.05) is 65.6 Å². The molecule has 4 nitrogen and oxygen atoms in total. The molecule has 144 valence electrons. The molecule has 1 fully saturated rings. The van der Waals surface area contributed by atoms with E-state index in [0.29, 0.717) is 13.0 Å². The monoisotopic (exact) mass is 374 g/mol. The molecule has 3 unspecified atom stereocenters. The quantitative estimate of drug-likeness (QED) is 0.813. The summed E-state index contributed by atoms with van der Waals surface area (Å²) in [7, 11) is 0. The predicted octanol–water partition coefficient (Wildman–Crippen LogP) is 4.26. The van der Waals surface area contributed by atoms with Gasteiger partial charge in [-0.15, -0.1) is 0 Å². The number of fused-ring (bicyclic) bond motifs is 1. The van der Waals surface area contributed by atoms with Crippen LogP contribution < -0.4 is 5.32 Å². The molecular formula is C24H26N2O2. The zero-order chi connectivity index (χ0) is 19.3. The average molecular weight is 374 g/mol. The number of carbonyl (C=O) groups is 2. The van der Waals surface area contributed by atoms with E-state index in [2.05, 4.69) is 17.5 Å². The van der Waals surface area contributed by atoms with Crippen LogP contribution in [-0.4, -0.2) is 23.3 Å². The Kier molecular flexibility index (Phi) is 5.56. The summed E-state index contributed by atoms with van der Waals surface area (Å²) in [5.74, 6) is -0.268. The summed E-state index contributed by atoms with van der Waals surface area (Å²) in [5.41, 5.74) is 1.91. The average Bonchev–Trinajstić information content (AvgIpc) is 2.95. The maximum absolute atomic E-state index is 13.4. The van der Waals surface area contributed by atoms with Crippen molar-refractivity contribution in [2.45, 2.75) is 25.8 Å². The minimum absolute atomic E-state index is 0.0531. The number of benzene rings is 2. The van der Waals surface area contributed by atoms with E-state index in [1.165, 1.54) is 0 Å². The van der Waals surface area contributed by atoms with Gasteiger partial charge in [-0.25, -0.2) is 0 Å². The van der Waals surface area contributed by atoms with Crippen LogP contribution in [-0.2, 0) is 16.1 Å². The number of piperidine rings is 1. The van der Waals surface area contributed by atoms with Gasteiger partial charge in [-0.2, -0.15) is 0 Å². The number of nitrogens with zero attached hydrogens (tertiary/aromatic N) is 1. The van der Waals surface area contributed by atoms with E-state index in [-0.39, 0.29) is 29.6 Å². The van der Waals surface area contributed by atoms with E-state index >= 15 is 0 Å². The number of anilines is 1. The molecule has 1 N–H and O–H groups in total. The molecular weight excluding hydrogens is 348 g/mol. The van der Waals surface area contributed by atoms with Crippen molar-refractivity contribution in [2.75, 3.05) is 11.9 Å². The Morgan fingerprint density at radius 2 is 1.64 bits per heavy atom. The molecule has 0 bridgehead atoms. The molecule has 4 heteroatoms. The van der Waals surface area contributed by atoms with Gasteiger partial charge in [-0.3, -0.25) is 9.59 Å². The van der Waals surface area contributed by atoms with Gasteiger partial charge in [-0.05, 0) is 42.9 Å². The Bertz CT molecular complexity index is 847. The standard InChI is InChI=1S/C24H26N2O2/c27-23(25-20-12-5-2-6-13-20)21-14-8-7-11-19-15-16-26(24(28)22(19)21)17-18-9-3-1-4-10-18/h1-10,12-13,19,21-22H,11,14-17H2,(H,25,27). The van der Waals surface area contributed by atoms with Gasteiger partial charge >= 0.3 is 0 Å². The Balaban J connectivity index is 1.53. The molecule has 0 aromatic heterocycles. The van der Waals surface area contributed by atoms with Crippen LogP contribution in [0, 0.1) is 17.8 Å². The van der Waals surface area contributed by atoms with Gasteiger partial charge in [0.2, 0.25) is 11.8 Å². The molecule has 1 heterocycles. The number of hydrogen-bond acceptors (Lipinski definition) is 2. The van der Waals surface area contributed by atoms with Gasteiger partial charge in [-0.1, -0.05) is 60.7 Å². The van der Waals surface area contributed by atoms with Crippen LogP contribution in [0.15, 0.2) is 72.8 Å². The van der Waals surface area contributed by atoms with E-state index in [9.17, 15) is 9.59 Å². The highest BCUT2D eigenvalue weighted by Crippen LogP contribution is 2.38. The topological polar surface area (TPSA) is 49.4 Å². The van der Waals surface area contributed by atoms with E-state index in [1.54, 1.807) is 0 Å². The first-order valence-electron chi connectivity index (χ1n) is 10.1. The van der Waals surface area contributed by atoms with E-state index < -0.39 is 0 Å². The van der Waals surface area contributed by atoms with Crippen LogP contribution in [0.1, 0.15) is 24.8 Å². The van der Waals surface area contributed by atoms with Crippen molar-refractivity contribution >= 4 is 17.5 Å². The molecule has 1 saturated heterocycles. The Morgan fingerprint density at radius 1 is 0.964 bits per heavy atom. The van der Waals surface area contributed by atoms with Gasteiger partial charge in [0.05, 0.1) is 11.8 Å². The Hall–Kier alpha value is -2.88. The number of carbonyl (C=O) groups excluding carboxylic acids is 2. The van der Waals surface area contributed by atoms with Crippen molar-refractivity contribution in [2.24, 2.45) is 17.8 Å². The molecule has 0 radical (unpaired) electrons. The summed E-state index contributed by atoms with van der Waals surface area (Å²) >= 11 is 0. The van der Waals surface area contributed by atoms with Crippen molar-refractivity contribution in [3.8, 4) is 0 Å². The van der Waals surface area contributed by atoms with Gasteiger partial charge in [0.25, 0.3) is 0 Å². The minimum Gasteiger partial charge on any atom is -0.338 e. The lowest BCUT2D eigenvalue weighted by Crippen LogP contribution is -2.49. The number of para-hydroxylation sites is 1. The van der Waals surface area contributed by atoms with Crippen LogP contribution in [0.25, 0.3) is 0 Å². The largest absolute Gasteiger partial charge is 0.338 e. The summed E-state index contributed by atoms with van der Waals surface area (Å²) in [4.78, 5) is 28.4. The molecule has 0 spiro atoms. The lowest BCUT2D eigenvalue weighted by molar-refractivity contribution is -0.147. The van der Waals surface area contributed by atoms with Crippen LogP contribution >= 0.6 is 0 Å². The first-order chi connectivity index (χ1) is 13.7. The fraction of sp³-hybridized carbons (Fsp3) is 0.333. The van der Waals surface area contributed by atoms with Gasteiger partial charge in [0.15, 0.2) is 0 Å². The number of amides is 2. The zero-order valence-electron chi connectivity index (χ0n) is 16.0. The first-order valence-corrected chi connectivity index (χ1v) is 10.1. The molecule has 1 aliphatic heterocycles. The number of hydrogen-bond donors (Lipinski definition) is 1. The highest BCUT2D eigenvalue weighted by atomic mass is 16.2. The lowest BCUT2D eigenvalue weighted by atomic mass is 9.74. The maximum atomic E-state index is 13.4. The highest BCUT2D eigenvalue weighted by molar-refractivity contribution is 5.96. The van der Waals surface area contributed by atoms with Crippen LogP contribution in [0.5, 0.6) is 0 Å². The number of nitrogens with one attached hydrogen (secondary N) is 1. The van der Waals surface area contributed by atoms with Crippen molar-refractivity contribution < 1.29 is 9.59 Å². The summed E-state index contributed by atoms with van der Waals surface area (Å²) in [6.45, 7) is 1.37. The van der Waals surface area contributed by atoms with E-state index in [0.717, 1.165) is 30.6 Å². The summed E-state index contributed by atoms with van der Waals surface area (Å²) in [6, 6.07) is 19.6. The first kappa shape index (κ1) is 18.5. The van der Waals surface area contributed by atoms with Crippen LogP contribution in [0.4, 0.5) is 5.69 Å². The number of likely N-dealkylation sites (tertiary alicyclic amines) is 1. The van der Waals surface area contributed by atoms with Gasteiger partial charge in [0.1, 0.15) is 0 Å². The van der Waals surface area contributed by atoms with Crippen molar-refractivity contribution in [1.82, 2.24) is 4.90 Å². The maximum Gasteiger partial charge on any atom is 0.228 e. The second-order valence-electron chi connectivity index (χ2n) is 7.72. The van der Waals surface area contributed by atoms with Gasteiger partial charge < -0.3 is 10.2 Å². The summed E-state index contributed by atoms with van der Waals surface area (Å²) < 4.78 is 0. The predicted molar refractivity (Wildman–Crippen MR) is 110 cm³/mol. The Morgan fingerprint density at radius 3 is 2.39 bits per heavy atom. The summed E-state index contributed by atoms with van der Waals surface area (Å²) in [5, 5.41) is 3.01. The molecule has 0 saturated carbocycles. The molecule has 1 aliphatic carbocycles. The zero-order valence-corrected chi connectivity index (χ0v) is 16.0. The third-order valence-electron chi connectivity index (χ3n) is 5.90. The molecule has 4 rings (SSSR count). The van der Waals surface area contributed by atoms with Crippen molar-refractivity contribution in [3.63, 3.8) is 0 Å². The van der Waals surface area contributed by atoms with E-state index in [4.69, 9.17) is 0 Å². The fourth-order valence-corrected chi connectivity index (χ4v) is 4.44. The number of allylic oxidation sites excluding steroid dienone is 2. The minimum atomic E-state index is -0.324. The molecule has 28 heavy (non-hydrogen) atoms. The molecule has 2 amide bonds. The second-order valence-corrected chi connectivity index (χ2v) is 7.72. The smallest absolute Gasteiger partial charge is 0.228 e. The van der Waals surface area contributed by atoms with Crippen molar-refractivity contribution in [3.05, 3.63) is 78.4 Å². The SMILES string of the molecule is O=C(Nc1ccccc1)C1CC=CCC2CCN(Cc3ccccc3)C(=O)C21. The lowest BCUT2D eigenvalue weighted by Gasteiger charge is -2.40. The molecule has 2 aliphatic rings. The highest BCUT2D eigenvalue weighted by Gasteiger charge is 2.44. The van der Waals surface area contributed by atoms with Gasteiger partial charge in [0, 0.05) is 18.8 Å². The van der Waals surface area contributed by atoms with Crippen LogP contribution in [0.2, 0.25) is 0 Å². The molecule has 2 aromatic rings.